The largest absolute Gasteiger partial charge is 0.494 e. The Balaban J connectivity index is 1.32. The Morgan fingerprint density at radius 3 is 2.83 bits per heavy atom. The first-order chi connectivity index (χ1) is 20.6. The van der Waals surface area contributed by atoms with Crippen molar-refractivity contribution >= 4 is 45.6 Å². The van der Waals surface area contributed by atoms with Crippen LogP contribution in [0.15, 0.2) is 73.2 Å². The molecular weight excluding hydrogens is 556 g/mol. The van der Waals surface area contributed by atoms with E-state index in [9.17, 15) is 4.79 Å². The zero-order chi connectivity index (χ0) is 29.3. The molecule has 11 heteroatoms. The maximum Gasteiger partial charge on any atom is 0.248 e. The average molecular weight is 589 g/mol. The number of carbonyl (C=O) groups is 1. The van der Waals surface area contributed by atoms with Crippen molar-refractivity contribution in [1.29, 1.82) is 0 Å². The van der Waals surface area contributed by atoms with E-state index < -0.39 is 0 Å². The van der Waals surface area contributed by atoms with Crippen LogP contribution >= 0.6 is 11.6 Å². The van der Waals surface area contributed by atoms with Crippen LogP contribution in [0.5, 0.6) is 11.5 Å². The zero-order valence-corrected chi connectivity index (χ0v) is 24.3. The minimum absolute atomic E-state index is 0.215. The van der Waals surface area contributed by atoms with E-state index in [1.54, 1.807) is 44.7 Å². The zero-order valence-electron chi connectivity index (χ0n) is 23.5. The number of aromatic nitrogens is 3. The second-order valence-corrected chi connectivity index (χ2v) is 10.1. The quantitative estimate of drug-likeness (QED) is 0.204. The highest BCUT2D eigenvalue weighted by molar-refractivity contribution is 6.32. The number of likely N-dealkylation sites (tertiary alicyclic amines) is 1. The van der Waals surface area contributed by atoms with E-state index in [2.05, 4.69) is 30.5 Å². The summed E-state index contributed by atoms with van der Waals surface area (Å²) in [5.74, 6) is 1.24. The van der Waals surface area contributed by atoms with E-state index in [1.807, 2.05) is 36.4 Å². The minimum Gasteiger partial charge on any atom is -0.494 e. The molecule has 218 valence electrons. The van der Waals surface area contributed by atoms with Gasteiger partial charge in [0.15, 0.2) is 5.75 Å². The topological polar surface area (TPSA) is 111 Å². The highest BCUT2D eigenvalue weighted by atomic mass is 35.5. The predicted octanol–water partition coefficient (Wildman–Crippen LogP) is 5.61. The molecule has 5 rings (SSSR count). The Hall–Kier alpha value is -4.25. The predicted molar refractivity (Wildman–Crippen MR) is 164 cm³/mol. The van der Waals surface area contributed by atoms with E-state index >= 15 is 0 Å². The van der Waals surface area contributed by atoms with Crippen molar-refractivity contribution in [3.63, 3.8) is 0 Å². The molecule has 0 radical (unpaired) electrons. The highest BCUT2D eigenvalue weighted by Crippen LogP contribution is 2.38. The van der Waals surface area contributed by atoms with E-state index in [4.69, 9.17) is 25.8 Å². The third-order valence-electron chi connectivity index (χ3n) is 6.98. The van der Waals surface area contributed by atoms with Crippen LogP contribution in [0.25, 0.3) is 10.9 Å². The highest BCUT2D eigenvalue weighted by Gasteiger charge is 2.22. The molecule has 2 aromatic carbocycles. The van der Waals surface area contributed by atoms with Crippen molar-refractivity contribution in [1.82, 2.24) is 19.9 Å². The Kier molecular flexibility index (Phi) is 9.81. The van der Waals surface area contributed by atoms with Crippen LogP contribution < -0.4 is 20.1 Å². The molecule has 0 bridgehead atoms. The summed E-state index contributed by atoms with van der Waals surface area (Å²) >= 11 is 6.53. The number of methoxy groups -OCH3 is 2. The number of ether oxygens (including phenoxy) is 3. The number of carbonyl (C=O) groups excluding carboxylic acids is 1. The molecule has 3 heterocycles. The first kappa shape index (κ1) is 29.2. The van der Waals surface area contributed by atoms with Gasteiger partial charge >= 0.3 is 0 Å². The van der Waals surface area contributed by atoms with Crippen molar-refractivity contribution in [2.75, 3.05) is 44.5 Å². The maximum absolute atomic E-state index is 12.9. The molecule has 1 amide bonds. The number of fused-ring (bicyclic) bond motifs is 1. The molecule has 1 fully saturated rings. The lowest BCUT2D eigenvalue weighted by atomic mass is 10.1. The fourth-order valence-electron chi connectivity index (χ4n) is 4.92. The lowest BCUT2D eigenvalue weighted by molar-refractivity contribution is -0.112. The Morgan fingerprint density at radius 2 is 2.05 bits per heavy atom. The van der Waals surface area contributed by atoms with Crippen LogP contribution in [0.4, 0.5) is 17.2 Å². The van der Waals surface area contributed by atoms with Crippen molar-refractivity contribution in [3.8, 4) is 11.5 Å². The second-order valence-electron chi connectivity index (χ2n) is 9.73. The number of nitrogens with zero attached hydrogens (tertiary/aromatic N) is 4. The Bertz CT molecular complexity index is 1550. The van der Waals surface area contributed by atoms with Crippen LogP contribution in [0.3, 0.4) is 0 Å². The number of pyridine rings is 1. The number of benzene rings is 2. The van der Waals surface area contributed by atoms with Gasteiger partial charge in [0, 0.05) is 37.7 Å². The summed E-state index contributed by atoms with van der Waals surface area (Å²) in [4.78, 5) is 28.3. The van der Waals surface area contributed by atoms with E-state index in [0.29, 0.717) is 57.8 Å². The first-order valence-corrected chi connectivity index (χ1v) is 14.1. The third kappa shape index (κ3) is 7.14. The second kappa shape index (κ2) is 14.1. The van der Waals surface area contributed by atoms with E-state index in [-0.39, 0.29) is 11.9 Å². The van der Waals surface area contributed by atoms with Gasteiger partial charge in [-0.25, -0.2) is 9.97 Å². The molecule has 0 spiro atoms. The van der Waals surface area contributed by atoms with Gasteiger partial charge < -0.3 is 24.8 Å². The number of anilines is 3. The minimum atomic E-state index is -0.245. The number of amides is 1. The summed E-state index contributed by atoms with van der Waals surface area (Å²) < 4.78 is 16.8. The van der Waals surface area contributed by atoms with Crippen molar-refractivity contribution in [3.05, 3.63) is 83.9 Å². The van der Waals surface area contributed by atoms with E-state index in [0.717, 1.165) is 31.6 Å². The molecule has 4 aromatic rings. The number of rotatable bonds is 12. The molecule has 2 aromatic heterocycles. The van der Waals surface area contributed by atoms with Crippen molar-refractivity contribution in [2.45, 2.75) is 25.5 Å². The normalized spacial score (nSPS) is 15.3. The average Bonchev–Trinajstić information content (AvgIpc) is 3.46. The van der Waals surface area contributed by atoms with Gasteiger partial charge in [0.1, 0.15) is 24.5 Å². The summed E-state index contributed by atoms with van der Waals surface area (Å²) in [5.41, 5.74) is 2.66. The fraction of sp³-hybridized carbons (Fsp3) is 0.290. The van der Waals surface area contributed by atoms with Gasteiger partial charge in [-0.1, -0.05) is 23.7 Å². The fourth-order valence-corrected chi connectivity index (χ4v) is 5.16. The van der Waals surface area contributed by atoms with Crippen LogP contribution in [0, 0.1) is 0 Å². The standard InChI is InChI=1S/C31H33ClN6O4/c1-40-17-16-38-15-5-7-23(38)9-13-28(39)37-26-11-10-25-29(30(26)41-2)31(35-20-34-25)36-21-8-12-27(24(32)18-21)42-19-22-6-3-4-14-33-22/h3-4,6,8-14,18,20,23H,5,7,15-17,19H2,1-2H3,(H,37,39)(H,34,35,36)/b13-9+. The summed E-state index contributed by atoms with van der Waals surface area (Å²) in [6, 6.07) is 14.8. The molecule has 42 heavy (non-hydrogen) atoms. The summed E-state index contributed by atoms with van der Waals surface area (Å²) in [6.45, 7) is 2.81. The molecule has 1 saturated heterocycles. The van der Waals surface area contributed by atoms with Gasteiger partial charge in [-0.2, -0.15) is 0 Å². The Labute approximate surface area is 249 Å². The first-order valence-electron chi connectivity index (χ1n) is 13.7. The Morgan fingerprint density at radius 1 is 1.14 bits per heavy atom. The molecule has 1 unspecified atom stereocenters. The van der Waals surface area contributed by atoms with Crippen LogP contribution in [-0.4, -0.2) is 65.7 Å². The van der Waals surface area contributed by atoms with E-state index in [1.165, 1.54) is 6.33 Å². The molecule has 2 N–H and O–H groups in total. The van der Waals surface area contributed by atoms with Gasteiger partial charge in [-0.15, -0.1) is 0 Å². The van der Waals surface area contributed by atoms with Gasteiger partial charge in [0.05, 0.1) is 41.0 Å². The van der Waals surface area contributed by atoms with Crippen molar-refractivity contribution in [2.24, 2.45) is 0 Å². The molecule has 1 aliphatic heterocycles. The number of halogens is 1. The van der Waals surface area contributed by atoms with Gasteiger partial charge in [0.2, 0.25) is 5.91 Å². The lowest BCUT2D eigenvalue weighted by Gasteiger charge is -2.21. The smallest absolute Gasteiger partial charge is 0.248 e. The molecular formula is C31H33ClN6O4. The number of hydrogen-bond donors (Lipinski definition) is 2. The van der Waals surface area contributed by atoms with Crippen LogP contribution in [0.1, 0.15) is 18.5 Å². The van der Waals surface area contributed by atoms with Gasteiger partial charge in [0.25, 0.3) is 0 Å². The summed E-state index contributed by atoms with van der Waals surface area (Å²) in [6.07, 6.45) is 8.83. The number of nitrogens with one attached hydrogen (secondary N) is 2. The SMILES string of the molecule is COCCN1CCCC1/C=C/C(=O)Nc1ccc2ncnc(Nc3ccc(OCc4ccccn4)c(Cl)c3)c2c1OC. The molecule has 10 nitrogen and oxygen atoms in total. The molecule has 0 saturated carbocycles. The lowest BCUT2D eigenvalue weighted by Crippen LogP contribution is -2.31. The van der Waals surface area contributed by atoms with Gasteiger partial charge in [-0.3, -0.25) is 14.7 Å². The summed E-state index contributed by atoms with van der Waals surface area (Å²) in [5, 5.41) is 7.31. The monoisotopic (exact) mass is 588 g/mol. The molecule has 1 aliphatic rings. The molecule has 1 atom stereocenters. The third-order valence-corrected chi connectivity index (χ3v) is 7.28. The van der Waals surface area contributed by atoms with Crippen molar-refractivity contribution < 1.29 is 19.0 Å². The molecule has 0 aliphatic carbocycles. The number of hydrogen-bond acceptors (Lipinski definition) is 9. The van der Waals surface area contributed by atoms with Gasteiger partial charge in [-0.05, 0) is 61.9 Å². The maximum atomic E-state index is 12.9. The van der Waals surface area contributed by atoms with Crippen LogP contribution in [0.2, 0.25) is 5.02 Å². The van der Waals surface area contributed by atoms with Crippen LogP contribution in [-0.2, 0) is 16.1 Å². The summed E-state index contributed by atoms with van der Waals surface area (Å²) in [7, 11) is 3.25.